The number of anilines is 1. The van der Waals surface area contributed by atoms with Gasteiger partial charge in [0, 0.05) is 9.26 Å². The van der Waals surface area contributed by atoms with Gasteiger partial charge in [0.1, 0.15) is 12.2 Å². The highest BCUT2D eigenvalue weighted by atomic mass is 127. The minimum atomic E-state index is -1.60. The lowest BCUT2D eigenvalue weighted by Gasteiger charge is -2.36. The summed E-state index contributed by atoms with van der Waals surface area (Å²) in [7, 11) is 0. The fourth-order valence-electron chi connectivity index (χ4n) is 2.64. The topological polar surface area (TPSA) is 81.0 Å². The van der Waals surface area contributed by atoms with Crippen molar-refractivity contribution in [1.29, 1.82) is 0 Å². The van der Waals surface area contributed by atoms with Crippen LogP contribution in [0.1, 0.15) is 0 Å². The molecule has 1 aliphatic rings. The van der Waals surface area contributed by atoms with Gasteiger partial charge in [0.25, 0.3) is 5.91 Å². The Balaban J connectivity index is 1.86. The number of carbonyl (C=O) groups excluding carboxylic acids is 1. The van der Waals surface area contributed by atoms with Crippen LogP contribution in [-0.2, 0) is 4.79 Å². The Hall–Kier alpha value is -1.48. The number of aliphatic hydroxyl groups is 3. The van der Waals surface area contributed by atoms with Gasteiger partial charge in [-0.2, -0.15) is 0 Å². The molecule has 0 aliphatic carbocycles. The number of hydrogen-bond donors (Lipinski definition) is 3. The lowest BCUT2D eigenvalue weighted by Crippen LogP contribution is -2.59. The fourth-order valence-corrected chi connectivity index (χ4v) is 3.18. The lowest BCUT2D eigenvalue weighted by molar-refractivity contribution is -0.143. The summed E-state index contributed by atoms with van der Waals surface area (Å²) in [6.45, 7) is -0.0420. The van der Waals surface area contributed by atoms with E-state index in [2.05, 4.69) is 28.7 Å². The predicted octanol–water partition coefficient (Wildman–Crippen LogP) is 1.39. The first-order chi connectivity index (χ1) is 11.0. The predicted molar refractivity (Wildman–Crippen MR) is 95.0 cm³/mol. The molecular formula is C17H16INO4. The number of β-amino-alcohol motifs (C(OH)–C–C–N with tert-alkyl or cyclic N) is 1. The van der Waals surface area contributed by atoms with Crippen molar-refractivity contribution >= 4 is 34.2 Å². The van der Waals surface area contributed by atoms with E-state index in [-0.39, 0.29) is 6.54 Å². The van der Waals surface area contributed by atoms with Crippen LogP contribution in [-0.4, -0.2) is 46.1 Å². The molecule has 6 heteroatoms. The first-order valence-electron chi connectivity index (χ1n) is 7.19. The van der Waals surface area contributed by atoms with E-state index in [4.69, 9.17) is 0 Å². The van der Waals surface area contributed by atoms with Crippen molar-refractivity contribution in [3.63, 3.8) is 0 Å². The summed E-state index contributed by atoms with van der Waals surface area (Å²) in [4.78, 5) is 13.4. The van der Waals surface area contributed by atoms with E-state index in [9.17, 15) is 20.1 Å². The summed E-state index contributed by atoms with van der Waals surface area (Å²) in [6, 6.07) is 15.4. The highest BCUT2D eigenvalue weighted by Gasteiger charge is 2.40. The average molecular weight is 425 g/mol. The fraction of sp³-hybridized carbons (Fsp3) is 0.235. The van der Waals surface area contributed by atoms with E-state index in [1.807, 2.05) is 30.3 Å². The van der Waals surface area contributed by atoms with Crippen molar-refractivity contribution in [2.24, 2.45) is 0 Å². The lowest BCUT2D eigenvalue weighted by atomic mass is 9.99. The first-order valence-corrected chi connectivity index (χ1v) is 8.27. The summed E-state index contributed by atoms with van der Waals surface area (Å²) < 4.78 is 1.13. The van der Waals surface area contributed by atoms with Crippen LogP contribution in [0.15, 0.2) is 48.5 Å². The Morgan fingerprint density at radius 2 is 1.70 bits per heavy atom. The minimum Gasteiger partial charge on any atom is -0.388 e. The summed E-state index contributed by atoms with van der Waals surface area (Å²) >= 11 is 2.25. The van der Waals surface area contributed by atoms with E-state index in [1.54, 1.807) is 12.1 Å². The van der Waals surface area contributed by atoms with Gasteiger partial charge >= 0.3 is 0 Å². The summed E-state index contributed by atoms with van der Waals surface area (Å²) in [5.74, 6) is -0.607. The van der Waals surface area contributed by atoms with Crippen LogP contribution in [0.3, 0.4) is 0 Å². The molecule has 120 valence electrons. The molecule has 1 amide bonds. The van der Waals surface area contributed by atoms with Crippen LogP contribution >= 0.6 is 22.6 Å². The van der Waals surface area contributed by atoms with Crippen LogP contribution in [0, 0.1) is 3.57 Å². The number of nitrogens with zero attached hydrogens (tertiary/aromatic N) is 1. The Labute approximate surface area is 147 Å². The molecule has 0 spiro atoms. The molecule has 3 N–H and O–H groups in total. The third kappa shape index (κ3) is 3.25. The van der Waals surface area contributed by atoms with Crippen LogP contribution in [0.25, 0.3) is 11.1 Å². The molecular weight excluding hydrogens is 409 g/mol. The van der Waals surface area contributed by atoms with Gasteiger partial charge in [0.05, 0.1) is 6.54 Å². The zero-order chi connectivity index (χ0) is 16.6. The third-order valence-electron chi connectivity index (χ3n) is 3.94. The second kappa shape index (κ2) is 6.56. The number of aliphatic hydroxyl groups excluding tert-OH is 3. The van der Waals surface area contributed by atoms with E-state index >= 15 is 0 Å². The number of carbonyl (C=O) groups is 1. The molecule has 2 aromatic rings. The molecule has 1 heterocycles. The van der Waals surface area contributed by atoms with Crippen LogP contribution in [0.5, 0.6) is 0 Å². The maximum atomic E-state index is 12.1. The molecule has 0 unspecified atom stereocenters. The van der Waals surface area contributed by atoms with Gasteiger partial charge in [-0.3, -0.25) is 4.79 Å². The molecule has 2 aromatic carbocycles. The number of halogens is 1. The monoisotopic (exact) mass is 425 g/mol. The highest BCUT2D eigenvalue weighted by Crippen LogP contribution is 2.26. The normalized spacial score (nSPS) is 24.8. The molecule has 0 aromatic heterocycles. The van der Waals surface area contributed by atoms with Crippen molar-refractivity contribution < 1.29 is 20.1 Å². The first kappa shape index (κ1) is 16.4. The van der Waals surface area contributed by atoms with E-state index in [0.717, 1.165) is 14.7 Å². The van der Waals surface area contributed by atoms with Crippen molar-refractivity contribution in [3.05, 3.63) is 52.1 Å². The van der Waals surface area contributed by atoms with E-state index in [1.165, 1.54) is 4.90 Å². The molecule has 1 fully saturated rings. The summed E-state index contributed by atoms with van der Waals surface area (Å²) in [5.41, 5.74) is 2.66. The maximum absolute atomic E-state index is 12.1. The molecule has 5 nitrogen and oxygen atoms in total. The summed E-state index contributed by atoms with van der Waals surface area (Å²) in [6.07, 6.45) is -4.21. The Morgan fingerprint density at radius 3 is 2.35 bits per heavy atom. The van der Waals surface area contributed by atoms with Crippen molar-refractivity contribution in [2.75, 3.05) is 11.4 Å². The van der Waals surface area contributed by atoms with Crippen LogP contribution in [0.2, 0.25) is 0 Å². The SMILES string of the molecule is O=C1[C@H](O)[C@H](O)[C@@H](O)CN1c1ccc(-c2cccc(I)c2)cc1. The van der Waals surface area contributed by atoms with Crippen molar-refractivity contribution in [2.45, 2.75) is 18.3 Å². The zero-order valence-electron chi connectivity index (χ0n) is 12.1. The zero-order valence-corrected chi connectivity index (χ0v) is 14.3. The largest absolute Gasteiger partial charge is 0.388 e. The van der Waals surface area contributed by atoms with E-state index < -0.39 is 24.2 Å². The van der Waals surface area contributed by atoms with E-state index in [0.29, 0.717) is 5.69 Å². The van der Waals surface area contributed by atoms with Gasteiger partial charge in [-0.1, -0.05) is 24.3 Å². The molecule has 0 radical (unpaired) electrons. The quantitative estimate of drug-likeness (QED) is 0.636. The van der Waals surface area contributed by atoms with Gasteiger partial charge in [0.2, 0.25) is 0 Å². The van der Waals surface area contributed by atoms with Crippen LogP contribution in [0.4, 0.5) is 5.69 Å². The smallest absolute Gasteiger partial charge is 0.258 e. The maximum Gasteiger partial charge on any atom is 0.258 e. The molecule has 3 atom stereocenters. The highest BCUT2D eigenvalue weighted by molar-refractivity contribution is 14.1. The number of hydrogen-bond acceptors (Lipinski definition) is 4. The van der Waals surface area contributed by atoms with Crippen molar-refractivity contribution in [3.8, 4) is 11.1 Å². The Bertz CT molecular complexity index is 719. The molecule has 1 aliphatic heterocycles. The van der Waals surface area contributed by atoms with Crippen molar-refractivity contribution in [1.82, 2.24) is 0 Å². The molecule has 23 heavy (non-hydrogen) atoms. The van der Waals surface area contributed by atoms with Crippen LogP contribution < -0.4 is 4.90 Å². The number of amides is 1. The van der Waals surface area contributed by atoms with Gasteiger partial charge < -0.3 is 20.2 Å². The van der Waals surface area contributed by atoms with Gasteiger partial charge in [-0.05, 0) is 58.0 Å². The number of rotatable bonds is 2. The summed E-state index contributed by atoms with van der Waals surface area (Å²) in [5, 5.41) is 29.0. The van der Waals surface area contributed by atoms with Gasteiger partial charge in [-0.15, -0.1) is 0 Å². The Kier molecular flexibility index (Phi) is 4.67. The van der Waals surface area contributed by atoms with Gasteiger partial charge in [0.15, 0.2) is 6.10 Å². The second-order valence-corrected chi connectivity index (χ2v) is 6.75. The second-order valence-electron chi connectivity index (χ2n) is 5.51. The molecule has 0 saturated carbocycles. The van der Waals surface area contributed by atoms with Gasteiger partial charge in [-0.25, -0.2) is 0 Å². The molecule has 1 saturated heterocycles. The molecule has 0 bridgehead atoms. The number of piperidine rings is 1. The average Bonchev–Trinajstić information content (AvgIpc) is 2.56. The minimum absolute atomic E-state index is 0.0420. The Morgan fingerprint density at radius 1 is 1.00 bits per heavy atom. The molecule has 3 rings (SSSR count). The number of benzene rings is 2. The third-order valence-corrected chi connectivity index (χ3v) is 4.61. The standard InChI is InChI=1S/C17H16INO4/c18-12-3-1-2-11(8-12)10-4-6-13(7-5-10)19-9-14(20)15(21)16(22)17(19)23/h1-8,14-16,20-22H,9H2/t14-,15+,16+/m0/s1.